The van der Waals surface area contributed by atoms with Crippen molar-refractivity contribution in [2.45, 2.75) is 13.3 Å². The molecule has 2 aromatic heterocycles. The number of nitrogens with zero attached hydrogens (tertiary/aromatic N) is 1. The Morgan fingerprint density at radius 1 is 1.00 bits per heavy atom. The molecular weight excluding hydrogens is 326 g/mol. The number of benzene rings is 2. The quantitative estimate of drug-likeness (QED) is 0.458. The number of nitrogens with one attached hydrogen (secondary N) is 2. The molecule has 0 aliphatic rings. The highest BCUT2D eigenvalue weighted by molar-refractivity contribution is 7.14. The second kappa shape index (κ2) is 6.95. The Balaban J connectivity index is 1.57. The topological polar surface area (TPSA) is 40.7 Å². The Morgan fingerprint density at radius 2 is 1.80 bits per heavy atom. The Hall–Kier alpha value is -2.85. The molecule has 0 aliphatic heterocycles. The van der Waals surface area contributed by atoms with Gasteiger partial charge in [-0.1, -0.05) is 55.5 Å². The first-order valence-corrected chi connectivity index (χ1v) is 9.26. The summed E-state index contributed by atoms with van der Waals surface area (Å²) in [6, 6.07) is 20.9. The molecule has 0 radical (unpaired) electrons. The summed E-state index contributed by atoms with van der Waals surface area (Å²) in [5.74, 6) is 0. The van der Waals surface area contributed by atoms with Crippen molar-refractivity contribution in [2.75, 3.05) is 5.32 Å². The van der Waals surface area contributed by atoms with Crippen LogP contribution in [0, 0.1) is 0 Å². The van der Waals surface area contributed by atoms with E-state index < -0.39 is 0 Å². The van der Waals surface area contributed by atoms with Crippen LogP contribution in [0.4, 0.5) is 10.8 Å². The van der Waals surface area contributed by atoms with Gasteiger partial charge < -0.3 is 10.3 Å². The van der Waals surface area contributed by atoms with Crippen LogP contribution in [0.2, 0.25) is 0 Å². The lowest BCUT2D eigenvalue weighted by Gasteiger charge is -2.07. The summed E-state index contributed by atoms with van der Waals surface area (Å²) >= 11 is 1.62. The number of anilines is 2. The molecule has 2 aromatic carbocycles. The first-order valence-electron chi connectivity index (χ1n) is 8.38. The minimum absolute atomic E-state index is 0.909. The van der Waals surface area contributed by atoms with Crippen molar-refractivity contribution >= 4 is 22.2 Å². The minimum Gasteiger partial charge on any atom is -0.359 e. The monoisotopic (exact) mass is 345 g/mol. The third kappa shape index (κ3) is 3.35. The van der Waals surface area contributed by atoms with E-state index >= 15 is 0 Å². The maximum Gasteiger partial charge on any atom is 0.187 e. The molecule has 124 valence electrons. The predicted octanol–water partition coefficient (Wildman–Crippen LogP) is 6.11. The fourth-order valence-electron chi connectivity index (χ4n) is 2.86. The number of aryl methyl sites for hydroxylation is 1. The number of aromatic nitrogens is 2. The van der Waals surface area contributed by atoms with Crippen molar-refractivity contribution < 1.29 is 0 Å². The third-order valence-electron chi connectivity index (χ3n) is 4.21. The fourth-order valence-corrected chi connectivity index (χ4v) is 3.58. The van der Waals surface area contributed by atoms with Crippen molar-refractivity contribution in [1.82, 2.24) is 9.97 Å². The average Bonchev–Trinajstić information content (AvgIpc) is 3.32. The van der Waals surface area contributed by atoms with E-state index in [-0.39, 0.29) is 0 Å². The zero-order valence-electron chi connectivity index (χ0n) is 14.0. The number of aromatic amines is 1. The van der Waals surface area contributed by atoms with Crippen molar-refractivity contribution in [3.63, 3.8) is 0 Å². The minimum atomic E-state index is 0.909. The molecule has 2 heterocycles. The van der Waals surface area contributed by atoms with Crippen molar-refractivity contribution in [1.29, 1.82) is 0 Å². The summed E-state index contributed by atoms with van der Waals surface area (Å²) in [7, 11) is 0. The molecule has 0 aliphatic carbocycles. The van der Waals surface area contributed by atoms with E-state index in [2.05, 4.69) is 71.1 Å². The van der Waals surface area contributed by atoms with E-state index in [0.717, 1.165) is 28.6 Å². The maximum atomic E-state index is 4.73. The molecule has 0 spiro atoms. The Morgan fingerprint density at radius 3 is 2.64 bits per heavy atom. The van der Waals surface area contributed by atoms with Crippen LogP contribution in [-0.2, 0) is 6.42 Å². The van der Waals surface area contributed by atoms with E-state index in [4.69, 9.17) is 4.98 Å². The Bertz CT molecular complexity index is 969. The van der Waals surface area contributed by atoms with Crippen LogP contribution in [0.1, 0.15) is 12.5 Å². The van der Waals surface area contributed by atoms with Gasteiger partial charge >= 0.3 is 0 Å². The highest BCUT2D eigenvalue weighted by Gasteiger charge is 2.09. The van der Waals surface area contributed by atoms with Gasteiger partial charge in [0.05, 0.1) is 11.4 Å². The largest absolute Gasteiger partial charge is 0.359 e. The fraction of sp³-hybridized carbons (Fsp3) is 0.0952. The molecule has 4 rings (SSSR count). The first-order chi connectivity index (χ1) is 12.3. The van der Waals surface area contributed by atoms with Gasteiger partial charge in [-0.3, -0.25) is 0 Å². The lowest BCUT2D eigenvalue weighted by Crippen LogP contribution is -1.94. The van der Waals surface area contributed by atoms with E-state index in [1.54, 1.807) is 11.3 Å². The third-order valence-corrected chi connectivity index (χ3v) is 4.97. The van der Waals surface area contributed by atoms with Crippen LogP contribution in [-0.4, -0.2) is 9.97 Å². The summed E-state index contributed by atoms with van der Waals surface area (Å²) in [6.07, 6.45) is 3.03. The molecule has 0 unspecified atom stereocenters. The zero-order valence-corrected chi connectivity index (χ0v) is 14.8. The van der Waals surface area contributed by atoms with Crippen LogP contribution in [0.15, 0.2) is 72.2 Å². The van der Waals surface area contributed by atoms with Crippen molar-refractivity contribution in [3.05, 3.63) is 77.8 Å². The van der Waals surface area contributed by atoms with Gasteiger partial charge in [0.2, 0.25) is 0 Å². The highest BCUT2D eigenvalue weighted by Crippen LogP contribution is 2.30. The number of para-hydroxylation sites is 1. The predicted molar refractivity (Wildman–Crippen MR) is 106 cm³/mol. The lowest BCUT2D eigenvalue weighted by atomic mass is 10.1. The van der Waals surface area contributed by atoms with Gasteiger partial charge in [0, 0.05) is 17.3 Å². The second-order valence-electron chi connectivity index (χ2n) is 5.84. The van der Waals surface area contributed by atoms with Crippen molar-refractivity contribution in [2.24, 2.45) is 0 Å². The summed E-state index contributed by atoms with van der Waals surface area (Å²) in [5, 5.41) is 6.44. The Labute approximate surface area is 151 Å². The number of thiazole rings is 1. The normalized spacial score (nSPS) is 10.8. The van der Waals surface area contributed by atoms with Gasteiger partial charge in [0.15, 0.2) is 5.13 Å². The number of rotatable bonds is 5. The van der Waals surface area contributed by atoms with Gasteiger partial charge in [-0.05, 0) is 35.2 Å². The number of hydrogen-bond donors (Lipinski definition) is 2. The molecule has 0 atom stereocenters. The standard InChI is InChI=1S/C21H19N3S/c1-2-15-8-6-7-11-18(15)23-21-24-20(14-25-21)19-12-17(13-22-19)16-9-4-3-5-10-16/h3-14,22H,2H2,1H3,(H,23,24). The molecular formula is C21H19N3S. The number of H-pyrrole nitrogens is 1. The van der Waals surface area contributed by atoms with Crippen LogP contribution in [0.3, 0.4) is 0 Å². The SMILES string of the molecule is CCc1ccccc1Nc1nc(-c2cc(-c3ccccc3)c[nH]2)cs1. The average molecular weight is 345 g/mol. The Kier molecular flexibility index (Phi) is 4.36. The summed E-state index contributed by atoms with van der Waals surface area (Å²) in [5.41, 5.74) is 6.80. The summed E-state index contributed by atoms with van der Waals surface area (Å²) in [4.78, 5) is 8.07. The molecule has 3 nitrogen and oxygen atoms in total. The van der Waals surface area contributed by atoms with E-state index in [1.165, 1.54) is 16.7 Å². The van der Waals surface area contributed by atoms with Crippen LogP contribution >= 0.6 is 11.3 Å². The molecule has 0 fully saturated rings. The van der Waals surface area contributed by atoms with Crippen LogP contribution in [0.25, 0.3) is 22.5 Å². The molecule has 4 aromatic rings. The van der Waals surface area contributed by atoms with Crippen molar-refractivity contribution in [3.8, 4) is 22.5 Å². The van der Waals surface area contributed by atoms with Crippen LogP contribution in [0.5, 0.6) is 0 Å². The summed E-state index contributed by atoms with van der Waals surface area (Å²) in [6.45, 7) is 2.16. The van der Waals surface area contributed by atoms with Gasteiger partial charge in [0.25, 0.3) is 0 Å². The maximum absolute atomic E-state index is 4.73. The van der Waals surface area contributed by atoms with E-state index in [0.29, 0.717) is 0 Å². The van der Waals surface area contributed by atoms with Gasteiger partial charge in [-0.15, -0.1) is 11.3 Å². The van der Waals surface area contributed by atoms with Gasteiger partial charge in [0.1, 0.15) is 0 Å². The van der Waals surface area contributed by atoms with Gasteiger partial charge in [-0.2, -0.15) is 0 Å². The van der Waals surface area contributed by atoms with E-state index in [1.807, 2.05) is 18.3 Å². The zero-order chi connectivity index (χ0) is 17.1. The van der Waals surface area contributed by atoms with Gasteiger partial charge in [-0.25, -0.2) is 4.98 Å². The molecule has 0 saturated heterocycles. The first kappa shape index (κ1) is 15.7. The lowest BCUT2D eigenvalue weighted by molar-refractivity contribution is 1.14. The molecule has 0 bridgehead atoms. The molecule has 0 saturated carbocycles. The molecule has 0 amide bonds. The summed E-state index contributed by atoms with van der Waals surface area (Å²) < 4.78 is 0. The molecule has 2 N–H and O–H groups in total. The second-order valence-corrected chi connectivity index (χ2v) is 6.70. The van der Waals surface area contributed by atoms with Crippen LogP contribution < -0.4 is 5.32 Å². The molecule has 25 heavy (non-hydrogen) atoms. The molecule has 4 heteroatoms. The van der Waals surface area contributed by atoms with E-state index in [9.17, 15) is 0 Å². The number of hydrogen-bond acceptors (Lipinski definition) is 3. The highest BCUT2D eigenvalue weighted by atomic mass is 32.1. The smallest absolute Gasteiger partial charge is 0.187 e.